The van der Waals surface area contributed by atoms with E-state index in [0.29, 0.717) is 22.8 Å². The predicted octanol–water partition coefficient (Wildman–Crippen LogP) is 1.19. The van der Waals surface area contributed by atoms with Crippen molar-refractivity contribution in [2.24, 2.45) is 7.05 Å². The molecule has 1 saturated heterocycles. The summed E-state index contributed by atoms with van der Waals surface area (Å²) in [5.74, 6) is 6.58. The van der Waals surface area contributed by atoms with E-state index in [1.807, 2.05) is 34.9 Å². The molecule has 1 aliphatic heterocycles. The number of pyridine rings is 1. The summed E-state index contributed by atoms with van der Waals surface area (Å²) >= 11 is 0. The largest absolute Gasteiger partial charge is 0.341 e. The fraction of sp³-hybridized carbons (Fsp3) is 0.346. The molecule has 1 aromatic carbocycles. The van der Waals surface area contributed by atoms with Gasteiger partial charge in [0.2, 0.25) is 5.95 Å². The quantitative estimate of drug-likeness (QED) is 0.435. The topological polar surface area (TPSA) is 114 Å². The Balaban J connectivity index is 1.70. The summed E-state index contributed by atoms with van der Waals surface area (Å²) in [6.07, 6.45) is 0.945. The highest BCUT2D eigenvalue weighted by Crippen LogP contribution is 2.21. The first-order chi connectivity index (χ1) is 17.5. The molecule has 0 aliphatic carbocycles. The van der Waals surface area contributed by atoms with Crippen molar-refractivity contribution in [2.75, 3.05) is 31.1 Å². The van der Waals surface area contributed by atoms with E-state index < -0.39 is 11.2 Å². The lowest BCUT2D eigenvalue weighted by Gasteiger charge is -2.21. The van der Waals surface area contributed by atoms with Gasteiger partial charge in [0.25, 0.3) is 5.56 Å². The normalized spacial score (nSPS) is 13.9. The van der Waals surface area contributed by atoms with E-state index in [2.05, 4.69) is 33.1 Å². The van der Waals surface area contributed by atoms with Crippen LogP contribution in [0.5, 0.6) is 0 Å². The van der Waals surface area contributed by atoms with Crippen molar-refractivity contribution < 1.29 is 0 Å². The lowest BCUT2D eigenvalue weighted by Crippen LogP contribution is -2.40. The van der Waals surface area contributed by atoms with E-state index in [-0.39, 0.29) is 18.8 Å². The zero-order chi connectivity index (χ0) is 25.2. The number of benzene rings is 1. The van der Waals surface area contributed by atoms with Gasteiger partial charge in [-0.05, 0) is 31.3 Å². The van der Waals surface area contributed by atoms with E-state index in [0.717, 1.165) is 47.9 Å². The number of aryl methyl sites for hydroxylation is 1. The molecule has 1 aliphatic rings. The third-order valence-corrected chi connectivity index (χ3v) is 6.47. The molecule has 10 heteroatoms. The van der Waals surface area contributed by atoms with Crippen molar-refractivity contribution in [1.29, 1.82) is 5.26 Å². The maximum Gasteiger partial charge on any atom is 0.332 e. The summed E-state index contributed by atoms with van der Waals surface area (Å²) in [7, 11) is 1.62. The molecule has 0 radical (unpaired) electrons. The highest BCUT2D eigenvalue weighted by molar-refractivity contribution is 5.86. The van der Waals surface area contributed by atoms with Crippen LogP contribution in [0.4, 0.5) is 5.95 Å². The lowest BCUT2D eigenvalue weighted by molar-refractivity contribution is 0.644. The van der Waals surface area contributed by atoms with Crippen LogP contribution in [0.15, 0.2) is 39.9 Å². The van der Waals surface area contributed by atoms with Crippen LogP contribution in [0.1, 0.15) is 24.7 Å². The van der Waals surface area contributed by atoms with Crippen molar-refractivity contribution in [3.8, 4) is 17.9 Å². The van der Waals surface area contributed by atoms with E-state index >= 15 is 0 Å². The van der Waals surface area contributed by atoms with E-state index in [1.54, 1.807) is 14.0 Å². The Bertz CT molecular complexity index is 1690. The Kier molecular flexibility index (Phi) is 6.28. The van der Waals surface area contributed by atoms with Gasteiger partial charge in [0, 0.05) is 32.1 Å². The Morgan fingerprint density at radius 1 is 1.11 bits per heavy atom. The van der Waals surface area contributed by atoms with Gasteiger partial charge in [-0.15, -0.1) is 5.92 Å². The molecule has 0 atom stereocenters. The summed E-state index contributed by atoms with van der Waals surface area (Å²) in [4.78, 5) is 38.4. The van der Waals surface area contributed by atoms with Crippen LogP contribution in [-0.2, 0) is 20.1 Å². The second kappa shape index (κ2) is 9.68. The molecule has 5 rings (SSSR count). The molecule has 0 spiro atoms. The van der Waals surface area contributed by atoms with Crippen molar-refractivity contribution in [3.63, 3.8) is 0 Å². The summed E-state index contributed by atoms with van der Waals surface area (Å²) in [6.45, 7) is 5.22. The second-order valence-corrected chi connectivity index (χ2v) is 8.72. The molecule has 0 amide bonds. The third-order valence-electron chi connectivity index (χ3n) is 6.47. The van der Waals surface area contributed by atoms with Crippen LogP contribution in [-0.4, -0.2) is 49.8 Å². The van der Waals surface area contributed by atoms with Gasteiger partial charge in [0.1, 0.15) is 11.8 Å². The molecule has 36 heavy (non-hydrogen) atoms. The first-order valence-corrected chi connectivity index (χ1v) is 11.9. The molecule has 3 aromatic heterocycles. The number of rotatable bonds is 4. The van der Waals surface area contributed by atoms with Gasteiger partial charge < -0.3 is 10.2 Å². The highest BCUT2D eigenvalue weighted by Gasteiger charge is 2.24. The Labute approximate surface area is 207 Å². The average molecular weight is 483 g/mol. The van der Waals surface area contributed by atoms with Crippen LogP contribution < -0.4 is 21.5 Å². The minimum atomic E-state index is -0.490. The van der Waals surface area contributed by atoms with Gasteiger partial charge in [-0.3, -0.25) is 18.5 Å². The summed E-state index contributed by atoms with van der Waals surface area (Å²) in [5.41, 5.74) is 0.433. The molecular formula is C26H26N8O2. The SMILES string of the molecule is CC#CCn1c(N2CCCNCC2)nc2c1c(=O)n(Cc1cc3ccccc3c(C#N)n1)c(=O)n2C. The third kappa shape index (κ3) is 4.02. The summed E-state index contributed by atoms with van der Waals surface area (Å²) in [5, 5.41) is 14.5. The monoisotopic (exact) mass is 482 g/mol. The highest BCUT2D eigenvalue weighted by atomic mass is 16.2. The van der Waals surface area contributed by atoms with Crippen LogP contribution in [0.3, 0.4) is 0 Å². The maximum absolute atomic E-state index is 13.8. The van der Waals surface area contributed by atoms with Crippen LogP contribution in [0.2, 0.25) is 0 Å². The number of aromatic nitrogens is 5. The molecule has 4 heterocycles. The zero-order valence-corrected chi connectivity index (χ0v) is 20.3. The molecule has 10 nitrogen and oxygen atoms in total. The smallest absolute Gasteiger partial charge is 0.332 e. The second-order valence-electron chi connectivity index (χ2n) is 8.72. The van der Waals surface area contributed by atoms with Crippen LogP contribution >= 0.6 is 0 Å². The maximum atomic E-state index is 13.8. The van der Waals surface area contributed by atoms with E-state index in [1.165, 1.54) is 4.57 Å². The predicted molar refractivity (Wildman–Crippen MR) is 138 cm³/mol. The van der Waals surface area contributed by atoms with E-state index in [4.69, 9.17) is 4.98 Å². The molecular weight excluding hydrogens is 456 g/mol. The molecule has 1 fully saturated rings. The minimum absolute atomic E-state index is 0.0609. The molecule has 0 saturated carbocycles. The Morgan fingerprint density at radius 2 is 1.94 bits per heavy atom. The van der Waals surface area contributed by atoms with Crippen molar-refractivity contribution in [1.82, 2.24) is 29.0 Å². The molecule has 4 aromatic rings. The average Bonchev–Trinajstić information content (AvgIpc) is 3.07. The molecule has 0 unspecified atom stereocenters. The fourth-order valence-corrected chi connectivity index (χ4v) is 4.68. The number of anilines is 1. The Morgan fingerprint density at radius 3 is 2.75 bits per heavy atom. The number of imidazole rings is 1. The van der Waals surface area contributed by atoms with Crippen LogP contribution in [0.25, 0.3) is 21.9 Å². The molecule has 182 valence electrons. The van der Waals surface area contributed by atoms with Crippen molar-refractivity contribution in [3.05, 3.63) is 62.6 Å². The van der Waals surface area contributed by atoms with Gasteiger partial charge in [-0.25, -0.2) is 9.78 Å². The number of nitrogens with one attached hydrogen (secondary N) is 1. The number of hydrogen-bond donors (Lipinski definition) is 1. The van der Waals surface area contributed by atoms with E-state index in [9.17, 15) is 14.9 Å². The minimum Gasteiger partial charge on any atom is -0.341 e. The first kappa shape index (κ1) is 23.3. The Hall–Kier alpha value is -4.41. The van der Waals surface area contributed by atoms with Gasteiger partial charge in [0.15, 0.2) is 11.2 Å². The standard InChI is InChI=1S/C26H26N8O2/c1-3-4-13-33-22-23(30-25(33)32-12-7-10-28-11-14-32)31(2)26(36)34(24(22)35)17-19-15-18-8-5-6-9-20(18)21(16-27)29-19/h5-6,8-9,15,28H,7,10-14,17H2,1-2H3. The van der Waals surface area contributed by atoms with Gasteiger partial charge in [0.05, 0.1) is 18.8 Å². The first-order valence-electron chi connectivity index (χ1n) is 11.9. The zero-order valence-electron chi connectivity index (χ0n) is 20.3. The van der Waals surface area contributed by atoms with Gasteiger partial charge in [-0.2, -0.15) is 10.2 Å². The number of hydrogen-bond acceptors (Lipinski definition) is 7. The lowest BCUT2D eigenvalue weighted by atomic mass is 10.1. The summed E-state index contributed by atoms with van der Waals surface area (Å²) in [6, 6.07) is 11.4. The number of nitriles is 1. The van der Waals surface area contributed by atoms with Gasteiger partial charge >= 0.3 is 5.69 Å². The van der Waals surface area contributed by atoms with Gasteiger partial charge in [-0.1, -0.05) is 30.2 Å². The van der Waals surface area contributed by atoms with Crippen molar-refractivity contribution >= 4 is 27.9 Å². The number of nitrogens with zero attached hydrogens (tertiary/aromatic N) is 7. The molecule has 0 bridgehead atoms. The fourth-order valence-electron chi connectivity index (χ4n) is 4.68. The van der Waals surface area contributed by atoms with Crippen LogP contribution in [0, 0.1) is 23.2 Å². The number of fused-ring (bicyclic) bond motifs is 2. The van der Waals surface area contributed by atoms with Crippen molar-refractivity contribution in [2.45, 2.75) is 26.4 Å². The summed E-state index contributed by atoms with van der Waals surface area (Å²) < 4.78 is 4.37. The molecule has 1 N–H and O–H groups in total.